The highest BCUT2D eigenvalue weighted by Crippen LogP contribution is 1.75. The summed E-state index contributed by atoms with van der Waals surface area (Å²) >= 11 is 0. The van der Waals surface area contributed by atoms with Crippen molar-refractivity contribution >= 4 is 0 Å². The summed E-state index contributed by atoms with van der Waals surface area (Å²) in [7, 11) is 1.65. The number of ether oxygens (including phenoxy) is 1. The standard InChI is InChI=1S/C7H15NO2/c1-3-4-5-8-10-7-6-9-2/h3,8H,1,4-7H2,2H3. The van der Waals surface area contributed by atoms with Crippen molar-refractivity contribution < 1.29 is 9.57 Å². The van der Waals surface area contributed by atoms with Crippen LogP contribution in [0.4, 0.5) is 0 Å². The van der Waals surface area contributed by atoms with Crippen LogP contribution in [0.2, 0.25) is 0 Å². The second kappa shape index (κ2) is 8.62. The minimum atomic E-state index is 0.591. The Morgan fingerprint density at radius 1 is 1.50 bits per heavy atom. The van der Waals surface area contributed by atoms with E-state index in [1.54, 1.807) is 7.11 Å². The van der Waals surface area contributed by atoms with Gasteiger partial charge in [-0.15, -0.1) is 6.58 Å². The number of rotatable bonds is 7. The summed E-state index contributed by atoms with van der Waals surface area (Å²) < 4.78 is 4.76. The van der Waals surface area contributed by atoms with Crippen LogP contribution in [0, 0.1) is 0 Å². The average Bonchev–Trinajstić information content (AvgIpc) is 1.97. The first-order valence-electron chi connectivity index (χ1n) is 3.36. The van der Waals surface area contributed by atoms with Crippen molar-refractivity contribution in [3.63, 3.8) is 0 Å². The molecule has 0 spiro atoms. The molecule has 0 unspecified atom stereocenters. The summed E-state index contributed by atoms with van der Waals surface area (Å²) in [6.07, 6.45) is 2.76. The third kappa shape index (κ3) is 7.62. The monoisotopic (exact) mass is 145 g/mol. The molecule has 0 aromatic rings. The lowest BCUT2D eigenvalue weighted by Gasteiger charge is -2.02. The Kier molecular flexibility index (Phi) is 8.29. The molecule has 0 atom stereocenters. The van der Waals surface area contributed by atoms with E-state index in [4.69, 9.17) is 9.57 Å². The highest BCUT2D eigenvalue weighted by molar-refractivity contribution is 4.65. The maximum Gasteiger partial charge on any atom is 0.0915 e. The molecule has 0 aromatic heterocycles. The van der Waals surface area contributed by atoms with Crippen molar-refractivity contribution in [1.29, 1.82) is 0 Å². The minimum Gasteiger partial charge on any atom is -0.382 e. The molecule has 0 aliphatic rings. The fourth-order valence-corrected chi connectivity index (χ4v) is 0.430. The lowest BCUT2D eigenvalue weighted by atomic mass is 10.4. The van der Waals surface area contributed by atoms with E-state index in [-0.39, 0.29) is 0 Å². The van der Waals surface area contributed by atoms with Gasteiger partial charge in [-0.05, 0) is 6.42 Å². The van der Waals surface area contributed by atoms with Crippen LogP contribution in [0.1, 0.15) is 6.42 Å². The van der Waals surface area contributed by atoms with Crippen LogP contribution in [0.25, 0.3) is 0 Å². The summed E-state index contributed by atoms with van der Waals surface area (Å²) in [6, 6.07) is 0. The number of methoxy groups -OCH3 is 1. The quantitative estimate of drug-likeness (QED) is 0.325. The van der Waals surface area contributed by atoms with E-state index in [9.17, 15) is 0 Å². The third-order valence-electron chi connectivity index (χ3n) is 0.942. The Bertz CT molecular complexity index is 76.0. The molecule has 0 aliphatic carbocycles. The fourth-order valence-electron chi connectivity index (χ4n) is 0.430. The van der Waals surface area contributed by atoms with Gasteiger partial charge >= 0.3 is 0 Å². The van der Waals surface area contributed by atoms with Crippen LogP contribution < -0.4 is 5.48 Å². The molecule has 0 fully saturated rings. The molecule has 0 bridgehead atoms. The van der Waals surface area contributed by atoms with Gasteiger partial charge in [0.15, 0.2) is 0 Å². The van der Waals surface area contributed by atoms with Crippen LogP contribution in [0.3, 0.4) is 0 Å². The first-order valence-corrected chi connectivity index (χ1v) is 3.36. The highest BCUT2D eigenvalue weighted by atomic mass is 16.7. The minimum absolute atomic E-state index is 0.591. The van der Waals surface area contributed by atoms with Crippen LogP contribution in [0.5, 0.6) is 0 Å². The SMILES string of the molecule is C=CCCNOCCOC. The maximum atomic E-state index is 4.95. The summed E-state index contributed by atoms with van der Waals surface area (Å²) in [6.45, 7) is 5.60. The first kappa shape index (κ1) is 9.62. The molecular weight excluding hydrogens is 130 g/mol. The van der Waals surface area contributed by atoms with Gasteiger partial charge in [0.05, 0.1) is 13.2 Å². The zero-order chi connectivity index (χ0) is 7.66. The number of hydrogen-bond acceptors (Lipinski definition) is 3. The highest BCUT2D eigenvalue weighted by Gasteiger charge is 1.83. The molecule has 60 valence electrons. The Balaban J connectivity index is 2.70. The number of nitrogens with one attached hydrogen (secondary N) is 1. The van der Waals surface area contributed by atoms with Crippen molar-refractivity contribution in [2.24, 2.45) is 0 Å². The lowest BCUT2D eigenvalue weighted by molar-refractivity contribution is 0.00787. The predicted molar refractivity (Wildman–Crippen MR) is 40.6 cm³/mol. The maximum absolute atomic E-state index is 4.95. The Hall–Kier alpha value is -0.380. The smallest absolute Gasteiger partial charge is 0.0915 e. The molecule has 10 heavy (non-hydrogen) atoms. The van der Waals surface area contributed by atoms with Crippen molar-refractivity contribution in [2.75, 3.05) is 26.9 Å². The van der Waals surface area contributed by atoms with E-state index in [2.05, 4.69) is 12.1 Å². The molecule has 0 aromatic carbocycles. The first-order chi connectivity index (χ1) is 4.91. The topological polar surface area (TPSA) is 30.5 Å². The van der Waals surface area contributed by atoms with E-state index < -0.39 is 0 Å². The molecular formula is C7H15NO2. The summed E-state index contributed by atoms with van der Waals surface area (Å²) in [5, 5.41) is 0. The van der Waals surface area contributed by atoms with E-state index in [1.165, 1.54) is 0 Å². The van der Waals surface area contributed by atoms with Crippen LogP contribution in [0.15, 0.2) is 12.7 Å². The molecule has 0 rings (SSSR count). The summed E-state index contributed by atoms with van der Waals surface area (Å²) in [5.41, 5.74) is 2.77. The zero-order valence-corrected chi connectivity index (χ0v) is 6.43. The number of hydroxylamine groups is 1. The van der Waals surface area contributed by atoms with E-state index >= 15 is 0 Å². The van der Waals surface area contributed by atoms with Crippen molar-refractivity contribution in [3.8, 4) is 0 Å². The molecule has 0 aliphatic heterocycles. The molecule has 3 nitrogen and oxygen atoms in total. The molecule has 1 N–H and O–H groups in total. The molecule has 0 saturated carbocycles. The fraction of sp³-hybridized carbons (Fsp3) is 0.714. The van der Waals surface area contributed by atoms with E-state index in [0.29, 0.717) is 13.2 Å². The third-order valence-corrected chi connectivity index (χ3v) is 0.942. The lowest BCUT2D eigenvalue weighted by Crippen LogP contribution is -2.18. The van der Waals surface area contributed by atoms with E-state index in [1.807, 2.05) is 6.08 Å². The molecule has 3 heteroatoms. The Morgan fingerprint density at radius 2 is 2.30 bits per heavy atom. The van der Waals surface area contributed by atoms with Crippen LogP contribution in [-0.4, -0.2) is 26.9 Å². The summed E-state index contributed by atoms with van der Waals surface area (Å²) in [4.78, 5) is 4.95. The summed E-state index contributed by atoms with van der Waals surface area (Å²) in [5.74, 6) is 0. The Morgan fingerprint density at radius 3 is 2.90 bits per heavy atom. The largest absolute Gasteiger partial charge is 0.382 e. The average molecular weight is 145 g/mol. The van der Waals surface area contributed by atoms with Gasteiger partial charge in [0.1, 0.15) is 0 Å². The molecule has 0 radical (unpaired) electrons. The molecule has 0 heterocycles. The van der Waals surface area contributed by atoms with Gasteiger partial charge in [0, 0.05) is 13.7 Å². The van der Waals surface area contributed by atoms with Gasteiger partial charge in [-0.1, -0.05) is 6.08 Å². The van der Waals surface area contributed by atoms with Gasteiger partial charge in [0.25, 0.3) is 0 Å². The van der Waals surface area contributed by atoms with Gasteiger partial charge in [-0.2, -0.15) is 0 Å². The molecule has 0 amide bonds. The van der Waals surface area contributed by atoms with Gasteiger partial charge < -0.3 is 4.74 Å². The van der Waals surface area contributed by atoms with Crippen LogP contribution >= 0.6 is 0 Å². The van der Waals surface area contributed by atoms with Gasteiger partial charge in [-0.3, -0.25) is 4.84 Å². The molecule has 0 saturated heterocycles. The van der Waals surface area contributed by atoms with Gasteiger partial charge in [-0.25, -0.2) is 5.48 Å². The van der Waals surface area contributed by atoms with Crippen molar-refractivity contribution in [1.82, 2.24) is 5.48 Å². The predicted octanol–water partition coefficient (Wildman–Crippen LogP) is 0.730. The number of hydrogen-bond donors (Lipinski definition) is 1. The normalized spacial score (nSPS) is 9.70. The van der Waals surface area contributed by atoms with Crippen molar-refractivity contribution in [2.45, 2.75) is 6.42 Å². The van der Waals surface area contributed by atoms with E-state index in [0.717, 1.165) is 13.0 Å². The Labute approximate surface area is 62.0 Å². The van der Waals surface area contributed by atoms with Crippen molar-refractivity contribution in [3.05, 3.63) is 12.7 Å². The van der Waals surface area contributed by atoms with Gasteiger partial charge in [0.2, 0.25) is 0 Å². The zero-order valence-electron chi connectivity index (χ0n) is 6.43. The second-order valence-corrected chi connectivity index (χ2v) is 1.81. The second-order valence-electron chi connectivity index (χ2n) is 1.81. The van der Waals surface area contributed by atoms with Crippen LogP contribution in [-0.2, 0) is 9.57 Å².